The predicted octanol–water partition coefficient (Wildman–Crippen LogP) is 2.07. The molecule has 0 spiro atoms. The number of hydrogen-bond acceptors (Lipinski definition) is 6. The minimum absolute atomic E-state index is 0.727. The SMILES string of the molecule is Cc1nnc(CNCc2cc(C#N)cs2)s1. The van der Waals surface area contributed by atoms with Crippen LogP contribution in [0.15, 0.2) is 11.4 Å². The first-order valence-corrected chi connectivity index (χ1v) is 6.45. The number of aromatic nitrogens is 2. The molecule has 4 nitrogen and oxygen atoms in total. The van der Waals surface area contributed by atoms with Crippen molar-refractivity contribution in [3.05, 3.63) is 31.9 Å². The van der Waals surface area contributed by atoms with E-state index < -0.39 is 0 Å². The van der Waals surface area contributed by atoms with E-state index in [-0.39, 0.29) is 0 Å². The molecular weight excluding hydrogens is 240 g/mol. The van der Waals surface area contributed by atoms with E-state index in [2.05, 4.69) is 21.6 Å². The van der Waals surface area contributed by atoms with Crippen LogP contribution in [0.3, 0.4) is 0 Å². The van der Waals surface area contributed by atoms with Gasteiger partial charge in [0.15, 0.2) is 0 Å². The molecule has 1 N–H and O–H groups in total. The largest absolute Gasteiger partial charge is 0.305 e. The Balaban J connectivity index is 1.82. The van der Waals surface area contributed by atoms with Crippen molar-refractivity contribution in [1.82, 2.24) is 15.5 Å². The Labute approximate surface area is 102 Å². The molecule has 0 radical (unpaired) electrons. The highest BCUT2D eigenvalue weighted by Crippen LogP contribution is 2.14. The summed E-state index contributed by atoms with van der Waals surface area (Å²) < 4.78 is 0. The van der Waals surface area contributed by atoms with Crippen LogP contribution in [-0.4, -0.2) is 10.2 Å². The normalized spacial score (nSPS) is 10.2. The van der Waals surface area contributed by atoms with Crippen LogP contribution in [0.5, 0.6) is 0 Å². The Kier molecular flexibility index (Phi) is 3.62. The summed E-state index contributed by atoms with van der Waals surface area (Å²) in [7, 11) is 0. The van der Waals surface area contributed by atoms with E-state index >= 15 is 0 Å². The van der Waals surface area contributed by atoms with E-state index in [0.717, 1.165) is 33.5 Å². The number of thiophene rings is 1. The van der Waals surface area contributed by atoms with Crippen molar-refractivity contribution in [1.29, 1.82) is 5.26 Å². The lowest BCUT2D eigenvalue weighted by Gasteiger charge is -1.98. The summed E-state index contributed by atoms with van der Waals surface area (Å²) in [5, 5.41) is 23.8. The molecular formula is C10H10N4S2. The van der Waals surface area contributed by atoms with Gasteiger partial charge in [0, 0.05) is 16.8 Å². The molecule has 0 unspecified atom stereocenters. The quantitative estimate of drug-likeness (QED) is 0.902. The van der Waals surface area contributed by atoms with Gasteiger partial charge in [-0.2, -0.15) is 5.26 Å². The zero-order valence-electron chi connectivity index (χ0n) is 8.73. The molecule has 2 rings (SSSR count). The minimum Gasteiger partial charge on any atom is -0.305 e. The van der Waals surface area contributed by atoms with E-state index in [4.69, 9.17) is 5.26 Å². The second-order valence-electron chi connectivity index (χ2n) is 3.23. The molecule has 0 aliphatic carbocycles. The van der Waals surface area contributed by atoms with Gasteiger partial charge >= 0.3 is 0 Å². The average molecular weight is 250 g/mol. The topological polar surface area (TPSA) is 61.6 Å². The lowest BCUT2D eigenvalue weighted by atomic mass is 10.3. The van der Waals surface area contributed by atoms with E-state index in [1.807, 2.05) is 18.4 Å². The van der Waals surface area contributed by atoms with E-state index in [1.54, 1.807) is 22.7 Å². The number of nitrogens with one attached hydrogen (secondary N) is 1. The van der Waals surface area contributed by atoms with Crippen LogP contribution < -0.4 is 5.32 Å². The summed E-state index contributed by atoms with van der Waals surface area (Å²) in [6.45, 7) is 3.44. The molecule has 2 aromatic rings. The number of hydrogen-bond donors (Lipinski definition) is 1. The van der Waals surface area contributed by atoms with E-state index in [1.165, 1.54) is 0 Å². The van der Waals surface area contributed by atoms with Crippen molar-refractivity contribution in [2.45, 2.75) is 20.0 Å². The summed E-state index contributed by atoms with van der Waals surface area (Å²) in [5.41, 5.74) is 0.730. The minimum atomic E-state index is 0.727. The zero-order chi connectivity index (χ0) is 11.4. The third kappa shape index (κ3) is 2.85. The van der Waals surface area contributed by atoms with Crippen molar-refractivity contribution in [2.24, 2.45) is 0 Å². The maximum atomic E-state index is 8.68. The van der Waals surface area contributed by atoms with Gasteiger partial charge in [-0.05, 0) is 13.0 Å². The Morgan fingerprint density at radius 2 is 2.31 bits per heavy atom. The summed E-state index contributed by atoms with van der Waals surface area (Å²) in [4.78, 5) is 1.16. The molecule has 0 amide bonds. The van der Waals surface area contributed by atoms with Crippen molar-refractivity contribution >= 4 is 22.7 Å². The molecule has 0 saturated heterocycles. The highest BCUT2D eigenvalue weighted by atomic mass is 32.1. The molecule has 0 aliphatic heterocycles. The first-order chi connectivity index (χ1) is 7.78. The van der Waals surface area contributed by atoms with Gasteiger partial charge in [-0.15, -0.1) is 32.9 Å². The molecule has 2 aromatic heterocycles. The van der Waals surface area contributed by atoms with E-state index in [9.17, 15) is 0 Å². The van der Waals surface area contributed by atoms with Crippen molar-refractivity contribution in [3.8, 4) is 6.07 Å². The zero-order valence-corrected chi connectivity index (χ0v) is 10.4. The molecule has 0 aromatic carbocycles. The molecule has 0 atom stereocenters. The van der Waals surface area contributed by atoms with Crippen LogP contribution >= 0.6 is 22.7 Å². The van der Waals surface area contributed by atoms with Gasteiger partial charge in [-0.25, -0.2) is 0 Å². The number of nitrogens with zero attached hydrogens (tertiary/aromatic N) is 3. The lowest BCUT2D eigenvalue weighted by molar-refractivity contribution is 0.690. The Morgan fingerprint density at radius 1 is 1.44 bits per heavy atom. The lowest BCUT2D eigenvalue weighted by Crippen LogP contribution is -2.11. The maximum absolute atomic E-state index is 8.68. The third-order valence-electron chi connectivity index (χ3n) is 1.93. The van der Waals surface area contributed by atoms with Crippen LogP contribution in [0.4, 0.5) is 0 Å². The van der Waals surface area contributed by atoms with Crippen molar-refractivity contribution in [3.63, 3.8) is 0 Å². The molecule has 16 heavy (non-hydrogen) atoms. The summed E-state index contributed by atoms with van der Waals surface area (Å²) in [5.74, 6) is 0. The van der Waals surface area contributed by atoms with Gasteiger partial charge in [0.2, 0.25) is 0 Å². The number of rotatable bonds is 4. The van der Waals surface area contributed by atoms with Crippen molar-refractivity contribution in [2.75, 3.05) is 0 Å². The summed E-state index contributed by atoms with van der Waals surface area (Å²) >= 11 is 3.20. The van der Waals surface area contributed by atoms with Crippen LogP contribution in [0.2, 0.25) is 0 Å². The Bertz CT molecular complexity index is 509. The standard InChI is InChI=1S/C10H10N4S2/c1-7-13-14-10(16-7)5-12-4-9-2-8(3-11)6-15-9/h2,6,12H,4-5H2,1H3. The highest BCUT2D eigenvalue weighted by molar-refractivity contribution is 7.11. The third-order valence-corrected chi connectivity index (χ3v) is 3.70. The predicted molar refractivity (Wildman–Crippen MR) is 64.2 cm³/mol. The fraction of sp³-hybridized carbons (Fsp3) is 0.300. The molecule has 6 heteroatoms. The summed E-state index contributed by atoms with van der Waals surface area (Å²) in [6.07, 6.45) is 0. The first-order valence-electron chi connectivity index (χ1n) is 4.75. The molecule has 0 aliphatic rings. The fourth-order valence-electron chi connectivity index (χ4n) is 1.23. The fourth-order valence-corrected chi connectivity index (χ4v) is 2.69. The Hall–Kier alpha value is -1.29. The van der Waals surface area contributed by atoms with Gasteiger partial charge < -0.3 is 5.32 Å². The number of nitriles is 1. The van der Waals surface area contributed by atoms with Gasteiger partial charge in [0.05, 0.1) is 12.1 Å². The molecule has 0 fully saturated rings. The van der Waals surface area contributed by atoms with Crippen LogP contribution in [0, 0.1) is 18.3 Å². The maximum Gasteiger partial charge on any atom is 0.131 e. The Morgan fingerprint density at radius 3 is 2.94 bits per heavy atom. The van der Waals surface area contributed by atoms with Gasteiger partial charge in [0.1, 0.15) is 16.1 Å². The summed E-state index contributed by atoms with van der Waals surface area (Å²) in [6, 6.07) is 4.03. The average Bonchev–Trinajstić information content (AvgIpc) is 2.88. The molecule has 0 saturated carbocycles. The van der Waals surface area contributed by atoms with E-state index in [0.29, 0.717) is 0 Å². The van der Waals surface area contributed by atoms with Crippen LogP contribution in [0.1, 0.15) is 20.5 Å². The first kappa shape index (κ1) is 11.2. The monoisotopic (exact) mass is 250 g/mol. The molecule has 2 heterocycles. The van der Waals surface area contributed by atoms with Gasteiger partial charge in [-0.1, -0.05) is 0 Å². The second kappa shape index (κ2) is 5.16. The van der Waals surface area contributed by atoms with Gasteiger partial charge in [0.25, 0.3) is 0 Å². The molecule has 0 bridgehead atoms. The highest BCUT2D eigenvalue weighted by Gasteiger charge is 2.01. The second-order valence-corrected chi connectivity index (χ2v) is 5.49. The molecule has 82 valence electrons. The van der Waals surface area contributed by atoms with Gasteiger partial charge in [-0.3, -0.25) is 0 Å². The number of aryl methyl sites for hydroxylation is 1. The van der Waals surface area contributed by atoms with Crippen LogP contribution in [-0.2, 0) is 13.1 Å². The smallest absolute Gasteiger partial charge is 0.131 e. The van der Waals surface area contributed by atoms with Crippen LogP contribution in [0.25, 0.3) is 0 Å². The van der Waals surface area contributed by atoms with Crippen molar-refractivity contribution < 1.29 is 0 Å².